The highest BCUT2D eigenvalue weighted by molar-refractivity contribution is 7.99. The lowest BCUT2D eigenvalue weighted by atomic mass is 10.3. The van der Waals surface area contributed by atoms with E-state index in [0.29, 0.717) is 12.2 Å². The Morgan fingerprint density at radius 3 is 2.89 bits per heavy atom. The number of halogens is 1. The lowest BCUT2D eigenvalue weighted by Crippen LogP contribution is -2.22. The maximum absolute atomic E-state index is 13.3. The molecule has 100 valence electrons. The molecule has 0 aliphatic heterocycles. The number of carbonyl (C=O) groups is 1. The molecule has 1 rings (SSSR count). The Morgan fingerprint density at radius 2 is 2.22 bits per heavy atom. The third-order valence-electron chi connectivity index (χ3n) is 2.48. The molecule has 3 nitrogen and oxygen atoms in total. The van der Waals surface area contributed by atoms with E-state index in [9.17, 15) is 9.18 Å². The molecule has 18 heavy (non-hydrogen) atoms. The summed E-state index contributed by atoms with van der Waals surface area (Å²) in [6.07, 6.45) is 1.31. The van der Waals surface area contributed by atoms with Crippen LogP contribution in [0.25, 0.3) is 0 Å². The molecule has 1 amide bonds. The van der Waals surface area contributed by atoms with Crippen LogP contribution in [0.15, 0.2) is 24.3 Å². The lowest BCUT2D eigenvalue weighted by Gasteiger charge is -2.08. The van der Waals surface area contributed by atoms with Gasteiger partial charge in [-0.25, -0.2) is 4.39 Å². The van der Waals surface area contributed by atoms with Gasteiger partial charge in [0.2, 0.25) is 5.91 Å². The Balaban J connectivity index is 2.24. The van der Waals surface area contributed by atoms with Crippen molar-refractivity contribution >= 4 is 23.4 Å². The quantitative estimate of drug-likeness (QED) is 0.749. The molecule has 3 N–H and O–H groups in total. The highest BCUT2D eigenvalue weighted by atomic mass is 32.2. The fourth-order valence-electron chi connectivity index (χ4n) is 1.29. The summed E-state index contributed by atoms with van der Waals surface area (Å²) < 4.78 is 13.3. The van der Waals surface area contributed by atoms with Crippen molar-refractivity contribution < 1.29 is 9.18 Å². The number of hydrogen-bond acceptors (Lipinski definition) is 3. The van der Waals surface area contributed by atoms with Crippen LogP contribution in [0.1, 0.15) is 19.8 Å². The van der Waals surface area contributed by atoms with Crippen LogP contribution in [-0.4, -0.2) is 23.5 Å². The topological polar surface area (TPSA) is 55.1 Å². The van der Waals surface area contributed by atoms with Crippen molar-refractivity contribution in [1.82, 2.24) is 0 Å². The average Bonchev–Trinajstić information content (AvgIpc) is 2.37. The van der Waals surface area contributed by atoms with E-state index in [4.69, 9.17) is 5.73 Å². The second-order valence-corrected chi connectivity index (χ2v) is 5.17. The number of carbonyl (C=O) groups excluding carboxylic acids is 1. The molecule has 1 unspecified atom stereocenters. The molecule has 0 saturated carbocycles. The maximum atomic E-state index is 13.3. The van der Waals surface area contributed by atoms with Gasteiger partial charge in [-0.2, -0.15) is 11.8 Å². The fraction of sp³-hybridized carbons (Fsp3) is 0.462. The third kappa shape index (κ3) is 5.51. The normalized spacial score (nSPS) is 12.2. The van der Waals surface area contributed by atoms with Crippen molar-refractivity contribution in [2.45, 2.75) is 25.8 Å². The van der Waals surface area contributed by atoms with Gasteiger partial charge in [-0.3, -0.25) is 4.79 Å². The molecule has 0 saturated heterocycles. The van der Waals surface area contributed by atoms with Crippen LogP contribution in [-0.2, 0) is 4.79 Å². The molecule has 0 aliphatic carbocycles. The number of para-hydroxylation sites is 1. The van der Waals surface area contributed by atoms with Gasteiger partial charge in [-0.15, -0.1) is 0 Å². The van der Waals surface area contributed by atoms with Crippen molar-refractivity contribution in [3.63, 3.8) is 0 Å². The Hall–Kier alpha value is -1.07. The third-order valence-corrected chi connectivity index (χ3v) is 3.63. The summed E-state index contributed by atoms with van der Waals surface area (Å²) in [6.45, 7) is 2.04. The minimum Gasteiger partial charge on any atom is -0.327 e. The summed E-state index contributed by atoms with van der Waals surface area (Å²) in [6, 6.07) is 6.34. The van der Waals surface area contributed by atoms with Gasteiger partial charge >= 0.3 is 0 Å². The number of nitrogens with two attached hydrogens (primary N) is 1. The van der Waals surface area contributed by atoms with Crippen molar-refractivity contribution in [2.75, 3.05) is 16.8 Å². The zero-order valence-electron chi connectivity index (χ0n) is 10.5. The van der Waals surface area contributed by atoms with Gasteiger partial charge in [0, 0.05) is 24.0 Å². The van der Waals surface area contributed by atoms with Crippen molar-refractivity contribution in [3.8, 4) is 0 Å². The average molecular weight is 270 g/mol. The summed E-state index contributed by atoms with van der Waals surface area (Å²) in [5.41, 5.74) is 6.00. The molecule has 0 radical (unpaired) electrons. The summed E-state index contributed by atoms with van der Waals surface area (Å²) in [5, 5.41) is 2.55. The minimum atomic E-state index is -0.411. The summed E-state index contributed by atoms with van der Waals surface area (Å²) in [4.78, 5) is 11.6. The number of amides is 1. The van der Waals surface area contributed by atoms with Gasteiger partial charge < -0.3 is 11.1 Å². The predicted octanol–water partition coefficient (Wildman–Crippen LogP) is 2.62. The first-order valence-electron chi connectivity index (χ1n) is 6.01. The molecule has 5 heteroatoms. The molecule has 1 atom stereocenters. The molecule has 0 bridgehead atoms. The highest BCUT2D eigenvalue weighted by Crippen LogP contribution is 2.13. The fourth-order valence-corrected chi connectivity index (χ4v) is 2.33. The van der Waals surface area contributed by atoms with Crippen LogP contribution in [0.5, 0.6) is 0 Å². The molecule has 0 spiro atoms. The van der Waals surface area contributed by atoms with Crippen LogP contribution < -0.4 is 11.1 Å². The van der Waals surface area contributed by atoms with Crippen LogP contribution in [0.3, 0.4) is 0 Å². The first-order valence-corrected chi connectivity index (χ1v) is 7.16. The van der Waals surface area contributed by atoms with E-state index >= 15 is 0 Å². The van der Waals surface area contributed by atoms with Gasteiger partial charge in [0.25, 0.3) is 0 Å². The Kier molecular flexibility index (Phi) is 6.75. The Morgan fingerprint density at radius 1 is 1.50 bits per heavy atom. The van der Waals surface area contributed by atoms with E-state index < -0.39 is 5.82 Å². The number of nitrogens with one attached hydrogen (secondary N) is 1. The summed E-state index contributed by atoms with van der Waals surface area (Å²) >= 11 is 1.65. The van der Waals surface area contributed by atoms with Gasteiger partial charge in [0.15, 0.2) is 0 Å². The number of rotatable bonds is 7. The number of thioether (sulfide) groups is 1. The molecular formula is C13H19FN2OS. The summed E-state index contributed by atoms with van der Waals surface area (Å²) in [5.74, 6) is 0.974. The molecule has 0 aliphatic rings. The molecule has 1 aromatic rings. The standard InChI is InChI=1S/C13H19FN2OS/c1-2-10(15)9-18-8-7-13(17)16-12-6-4-3-5-11(12)14/h3-6,10H,2,7-9,15H2,1H3,(H,16,17). The van der Waals surface area contributed by atoms with Crippen LogP contribution in [0.2, 0.25) is 0 Å². The summed E-state index contributed by atoms with van der Waals surface area (Å²) in [7, 11) is 0. The van der Waals surface area contributed by atoms with Crippen molar-refractivity contribution in [1.29, 1.82) is 0 Å². The van der Waals surface area contributed by atoms with E-state index in [1.165, 1.54) is 6.07 Å². The number of hydrogen-bond donors (Lipinski definition) is 2. The lowest BCUT2D eigenvalue weighted by molar-refractivity contribution is -0.115. The molecule has 0 heterocycles. The molecular weight excluding hydrogens is 251 g/mol. The van der Waals surface area contributed by atoms with E-state index in [0.717, 1.165) is 12.2 Å². The zero-order valence-corrected chi connectivity index (χ0v) is 11.3. The molecule has 0 aromatic heterocycles. The monoisotopic (exact) mass is 270 g/mol. The smallest absolute Gasteiger partial charge is 0.225 e. The van der Waals surface area contributed by atoms with Gasteiger partial charge in [-0.05, 0) is 18.6 Å². The Bertz CT molecular complexity index is 387. The first kappa shape index (κ1) is 15.0. The van der Waals surface area contributed by atoms with Crippen LogP contribution in [0.4, 0.5) is 10.1 Å². The van der Waals surface area contributed by atoms with Crippen LogP contribution in [0, 0.1) is 5.82 Å². The van der Waals surface area contributed by atoms with E-state index in [1.807, 2.05) is 6.92 Å². The predicted molar refractivity (Wildman–Crippen MR) is 75.2 cm³/mol. The number of anilines is 1. The van der Waals surface area contributed by atoms with Crippen molar-refractivity contribution in [3.05, 3.63) is 30.1 Å². The minimum absolute atomic E-state index is 0.169. The highest BCUT2D eigenvalue weighted by Gasteiger charge is 2.06. The molecule has 1 aromatic carbocycles. The second kappa shape index (κ2) is 8.11. The van der Waals surface area contributed by atoms with Gasteiger partial charge in [0.1, 0.15) is 5.82 Å². The number of benzene rings is 1. The first-order chi connectivity index (χ1) is 8.63. The molecule has 0 fully saturated rings. The van der Waals surface area contributed by atoms with E-state index in [2.05, 4.69) is 5.32 Å². The van der Waals surface area contributed by atoms with Crippen molar-refractivity contribution in [2.24, 2.45) is 5.73 Å². The second-order valence-electron chi connectivity index (χ2n) is 4.02. The van der Waals surface area contributed by atoms with Gasteiger partial charge in [-0.1, -0.05) is 19.1 Å². The Labute approximate surface area is 111 Å². The van der Waals surface area contributed by atoms with Gasteiger partial charge in [0.05, 0.1) is 5.69 Å². The van der Waals surface area contributed by atoms with E-state index in [1.54, 1.807) is 30.0 Å². The zero-order chi connectivity index (χ0) is 13.4. The SMILES string of the molecule is CCC(N)CSCCC(=O)Nc1ccccc1F. The largest absolute Gasteiger partial charge is 0.327 e. The van der Waals surface area contributed by atoms with Crippen LogP contribution >= 0.6 is 11.8 Å². The van der Waals surface area contributed by atoms with E-state index in [-0.39, 0.29) is 17.6 Å². The maximum Gasteiger partial charge on any atom is 0.225 e.